The summed E-state index contributed by atoms with van der Waals surface area (Å²) in [5, 5.41) is 11.0. The molecule has 0 fully saturated rings. The molecule has 0 unspecified atom stereocenters. The number of benzene rings is 1. The summed E-state index contributed by atoms with van der Waals surface area (Å²) >= 11 is 5.57. The molecular formula is C31H36ClN9O6S. The number of nitrogens with zero attached hydrogens (tertiary/aromatic N) is 4. The zero-order chi connectivity index (χ0) is 35.2. The van der Waals surface area contributed by atoms with Crippen LogP contribution in [0.2, 0.25) is 0 Å². The first-order chi connectivity index (χ1) is 22.7. The van der Waals surface area contributed by atoms with Gasteiger partial charge in [-0.15, -0.1) is 11.6 Å². The number of carbonyl (C=O) groups excluding carboxylic acids is 4. The maximum atomic E-state index is 13.1. The van der Waals surface area contributed by atoms with Gasteiger partial charge < -0.3 is 40.7 Å². The predicted molar refractivity (Wildman–Crippen MR) is 184 cm³/mol. The molecular weight excluding hydrogens is 662 g/mol. The van der Waals surface area contributed by atoms with Crippen LogP contribution in [0.3, 0.4) is 0 Å². The SMILES string of the molecule is CN=C(N)CCNC(=O)c1cc(NC(=O)c2cc(NC(=O)c3ccc(NC(=O)c4ccc(S(=O)(=O)CCCl)cc4)n3C)cn2C)cn1C. The van der Waals surface area contributed by atoms with Crippen LogP contribution in [0.5, 0.6) is 0 Å². The third-order valence-electron chi connectivity index (χ3n) is 7.36. The number of nitrogens with two attached hydrogens (primary N) is 1. The summed E-state index contributed by atoms with van der Waals surface area (Å²) in [5.74, 6) is -1.29. The monoisotopic (exact) mass is 697 g/mol. The van der Waals surface area contributed by atoms with E-state index in [1.807, 2.05) is 0 Å². The molecule has 3 heterocycles. The van der Waals surface area contributed by atoms with Crippen molar-refractivity contribution in [3.05, 3.63) is 83.6 Å². The van der Waals surface area contributed by atoms with E-state index in [2.05, 4.69) is 26.3 Å². The maximum Gasteiger partial charge on any atom is 0.272 e. The molecule has 15 nitrogen and oxygen atoms in total. The van der Waals surface area contributed by atoms with Gasteiger partial charge in [-0.1, -0.05) is 0 Å². The Hall–Kier alpha value is -5.35. The van der Waals surface area contributed by atoms with Gasteiger partial charge in [-0.25, -0.2) is 8.42 Å². The van der Waals surface area contributed by atoms with Gasteiger partial charge in [0.2, 0.25) is 0 Å². The molecule has 0 saturated heterocycles. The van der Waals surface area contributed by atoms with Crippen molar-refractivity contribution in [3.63, 3.8) is 0 Å². The summed E-state index contributed by atoms with van der Waals surface area (Å²) in [6.07, 6.45) is 3.59. The molecule has 1 aromatic carbocycles. The first-order valence-electron chi connectivity index (χ1n) is 14.5. The second kappa shape index (κ2) is 15.0. The molecule has 0 spiro atoms. The van der Waals surface area contributed by atoms with Crippen LogP contribution in [-0.4, -0.2) is 76.8 Å². The van der Waals surface area contributed by atoms with Crippen LogP contribution in [0.25, 0.3) is 0 Å². The van der Waals surface area contributed by atoms with E-state index in [0.29, 0.717) is 41.7 Å². The Labute approximate surface area is 282 Å². The lowest BCUT2D eigenvalue weighted by molar-refractivity contribution is 0.0944. The van der Waals surface area contributed by atoms with Crippen LogP contribution in [0.4, 0.5) is 17.2 Å². The summed E-state index contributed by atoms with van der Waals surface area (Å²) in [7, 11) is 2.96. The number of amidine groups is 1. The lowest BCUT2D eigenvalue weighted by Crippen LogP contribution is -2.29. The summed E-state index contributed by atoms with van der Waals surface area (Å²) in [4.78, 5) is 55.5. The zero-order valence-electron chi connectivity index (χ0n) is 26.7. The molecule has 3 aromatic heterocycles. The van der Waals surface area contributed by atoms with Gasteiger partial charge in [0.25, 0.3) is 23.6 Å². The number of halogens is 1. The predicted octanol–water partition coefficient (Wildman–Crippen LogP) is 2.58. The summed E-state index contributed by atoms with van der Waals surface area (Å²) < 4.78 is 29.0. The van der Waals surface area contributed by atoms with Gasteiger partial charge in [0.1, 0.15) is 22.9 Å². The van der Waals surface area contributed by atoms with Crippen LogP contribution < -0.4 is 27.0 Å². The number of carbonyl (C=O) groups is 4. The molecule has 0 bridgehead atoms. The van der Waals surface area contributed by atoms with Crippen LogP contribution in [-0.2, 0) is 31.0 Å². The smallest absolute Gasteiger partial charge is 0.272 e. The van der Waals surface area contributed by atoms with Crippen molar-refractivity contribution in [2.24, 2.45) is 31.9 Å². The molecule has 17 heteroatoms. The lowest BCUT2D eigenvalue weighted by Gasteiger charge is -2.10. The van der Waals surface area contributed by atoms with Crippen LogP contribution in [0.15, 0.2) is 70.8 Å². The molecule has 4 amide bonds. The fraction of sp³-hybridized carbons (Fsp3) is 0.258. The summed E-state index contributed by atoms with van der Waals surface area (Å²) in [6, 6.07) is 11.6. The van der Waals surface area contributed by atoms with Gasteiger partial charge in [0.05, 0.1) is 27.9 Å². The van der Waals surface area contributed by atoms with E-state index < -0.39 is 27.6 Å². The molecule has 48 heavy (non-hydrogen) atoms. The highest BCUT2D eigenvalue weighted by Crippen LogP contribution is 2.20. The van der Waals surface area contributed by atoms with Gasteiger partial charge >= 0.3 is 0 Å². The minimum absolute atomic E-state index is 0.0416. The molecule has 0 aliphatic carbocycles. The Kier molecular flexibility index (Phi) is 11.1. The Balaban J connectivity index is 1.37. The second-order valence-corrected chi connectivity index (χ2v) is 13.2. The van der Waals surface area contributed by atoms with E-state index in [0.717, 1.165) is 0 Å². The number of amides is 4. The van der Waals surface area contributed by atoms with Gasteiger partial charge in [-0.05, 0) is 48.5 Å². The molecule has 4 rings (SSSR count). The average Bonchev–Trinajstić information content (AvgIpc) is 3.72. The number of anilines is 3. The molecule has 0 aliphatic heterocycles. The topological polar surface area (TPSA) is 204 Å². The number of rotatable bonds is 13. The Morgan fingerprint density at radius 1 is 0.792 bits per heavy atom. The zero-order valence-corrected chi connectivity index (χ0v) is 28.3. The second-order valence-electron chi connectivity index (χ2n) is 10.7. The number of alkyl halides is 1. The van der Waals surface area contributed by atoms with Crippen molar-refractivity contribution in [1.82, 2.24) is 19.0 Å². The number of sulfone groups is 1. The fourth-order valence-corrected chi connectivity index (χ4v) is 6.30. The van der Waals surface area contributed by atoms with Gasteiger partial charge in [0.15, 0.2) is 9.84 Å². The van der Waals surface area contributed by atoms with E-state index in [9.17, 15) is 27.6 Å². The number of hydrogen-bond donors (Lipinski definition) is 5. The number of aryl methyl sites for hydroxylation is 2. The van der Waals surface area contributed by atoms with Gasteiger partial charge in [-0.3, -0.25) is 24.2 Å². The molecule has 0 aliphatic rings. The largest absolute Gasteiger partial charge is 0.387 e. The third-order valence-corrected chi connectivity index (χ3v) is 9.51. The Morgan fingerprint density at radius 2 is 1.35 bits per heavy atom. The van der Waals surface area contributed by atoms with Gasteiger partial charge in [-0.2, -0.15) is 0 Å². The van der Waals surface area contributed by atoms with Crippen molar-refractivity contribution >= 4 is 68.1 Å². The normalized spacial score (nSPS) is 11.6. The van der Waals surface area contributed by atoms with Crippen molar-refractivity contribution in [2.45, 2.75) is 11.3 Å². The minimum atomic E-state index is -3.54. The number of hydrogen-bond acceptors (Lipinski definition) is 7. The maximum absolute atomic E-state index is 13.1. The van der Waals surface area contributed by atoms with E-state index in [1.54, 1.807) is 61.9 Å². The fourth-order valence-electron chi connectivity index (χ4n) is 4.70. The Morgan fingerprint density at radius 3 is 1.92 bits per heavy atom. The van der Waals surface area contributed by atoms with Crippen molar-refractivity contribution in [3.8, 4) is 0 Å². The number of aliphatic imine (C=N–C) groups is 1. The first-order valence-corrected chi connectivity index (χ1v) is 16.7. The molecule has 4 aromatic rings. The molecule has 0 saturated carbocycles. The van der Waals surface area contributed by atoms with Crippen LogP contribution in [0, 0.1) is 0 Å². The highest BCUT2D eigenvalue weighted by atomic mass is 35.5. The first kappa shape index (κ1) is 35.5. The number of aromatic nitrogens is 3. The quantitative estimate of drug-likeness (QED) is 0.0802. The molecule has 0 atom stereocenters. The molecule has 6 N–H and O–H groups in total. The average molecular weight is 698 g/mol. The van der Waals surface area contributed by atoms with Crippen molar-refractivity contribution in [2.75, 3.05) is 41.2 Å². The minimum Gasteiger partial charge on any atom is -0.387 e. The highest BCUT2D eigenvalue weighted by Gasteiger charge is 2.20. The molecule has 0 radical (unpaired) electrons. The van der Waals surface area contributed by atoms with E-state index in [1.165, 1.54) is 41.0 Å². The van der Waals surface area contributed by atoms with Crippen LogP contribution in [0.1, 0.15) is 48.2 Å². The highest BCUT2D eigenvalue weighted by molar-refractivity contribution is 7.91. The Bertz CT molecular complexity index is 1990. The lowest BCUT2D eigenvalue weighted by atomic mass is 10.2. The standard InChI is InChI=1S/C31H36ClN9O6S/c1-34-26(33)11-13-35-29(43)24-15-20(17-39(24)2)37-31(45)25-16-21(18-40(25)3)36-30(44)23-9-10-27(41(23)4)38-28(42)19-5-7-22(8-6-19)48(46,47)14-12-32/h5-10,15-18H,11-14H2,1-4H3,(H2,33,34)(H,35,43)(H,36,44)(H,37,45)(H,38,42). The summed E-state index contributed by atoms with van der Waals surface area (Å²) in [5.41, 5.74) is 7.45. The van der Waals surface area contributed by atoms with E-state index >= 15 is 0 Å². The summed E-state index contributed by atoms with van der Waals surface area (Å²) in [6.45, 7) is 0.311. The number of nitrogens with one attached hydrogen (secondary N) is 4. The van der Waals surface area contributed by atoms with Crippen molar-refractivity contribution < 1.29 is 27.6 Å². The van der Waals surface area contributed by atoms with Crippen molar-refractivity contribution in [1.29, 1.82) is 0 Å². The van der Waals surface area contributed by atoms with Crippen LogP contribution >= 0.6 is 11.6 Å². The van der Waals surface area contributed by atoms with Gasteiger partial charge in [0, 0.05) is 65.0 Å². The third kappa shape index (κ3) is 8.32. The molecule has 254 valence electrons. The van der Waals surface area contributed by atoms with E-state index in [4.69, 9.17) is 17.3 Å². The van der Waals surface area contributed by atoms with E-state index in [-0.39, 0.29) is 39.4 Å².